The van der Waals surface area contributed by atoms with Gasteiger partial charge in [0.15, 0.2) is 9.84 Å². The highest BCUT2D eigenvalue weighted by atomic mass is 32.2. The third-order valence-corrected chi connectivity index (χ3v) is 7.28. The van der Waals surface area contributed by atoms with E-state index < -0.39 is 9.84 Å². The van der Waals surface area contributed by atoms with E-state index in [1.54, 1.807) is 19.2 Å². The molecule has 0 spiro atoms. The van der Waals surface area contributed by atoms with E-state index in [0.29, 0.717) is 30.9 Å². The van der Waals surface area contributed by atoms with Crippen molar-refractivity contribution in [2.45, 2.75) is 17.8 Å². The highest BCUT2D eigenvalue weighted by molar-refractivity contribution is 7.92. The van der Waals surface area contributed by atoms with Gasteiger partial charge in [0.25, 0.3) is 0 Å². The van der Waals surface area contributed by atoms with Crippen molar-refractivity contribution in [1.29, 1.82) is 0 Å². The topological polar surface area (TPSA) is 49.9 Å². The Kier molecular flexibility index (Phi) is 4.37. The van der Waals surface area contributed by atoms with Crippen molar-refractivity contribution < 1.29 is 17.5 Å². The number of rotatable bonds is 4. The zero-order chi connectivity index (χ0) is 16.8. The monoisotopic (exact) mass is 342 g/mol. The van der Waals surface area contributed by atoms with Gasteiger partial charge in [-0.3, -0.25) is 4.90 Å². The van der Waals surface area contributed by atoms with Crippen molar-refractivity contribution in [3.05, 3.63) is 29.6 Å². The van der Waals surface area contributed by atoms with Crippen LogP contribution in [0.1, 0.15) is 5.56 Å². The first-order valence-corrected chi connectivity index (χ1v) is 9.46. The van der Waals surface area contributed by atoms with E-state index in [1.165, 1.54) is 6.07 Å². The molecule has 23 heavy (non-hydrogen) atoms. The lowest BCUT2D eigenvalue weighted by Gasteiger charge is -2.25. The number of methoxy groups -OCH3 is 1. The average molecular weight is 342 g/mol. The van der Waals surface area contributed by atoms with Gasteiger partial charge in [-0.25, -0.2) is 12.8 Å². The van der Waals surface area contributed by atoms with Crippen LogP contribution in [0.15, 0.2) is 18.2 Å². The molecular weight excluding hydrogens is 319 g/mol. The molecule has 2 aliphatic rings. The second-order valence-electron chi connectivity index (χ2n) is 6.71. The van der Waals surface area contributed by atoms with E-state index in [-0.39, 0.29) is 28.8 Å². The first-order valence-electron chi connectivity index (χ1n) is 7.74. The first-order chi connectivity index (χ1) is 10.8. The van der Waals surface area contributed by atoms with Gasteiger partial charge in [-0.1, -0.05) is 0 Å². The van der Waals surface area contributed by atoms with E-state index in [2.05, 4.69) is 0 Å². The summed E-state index contributed by atoms with van der Waals surface area (Å²) in [6.07, 6.45) is 0. The number of nitrogens with zero attached hydrogens (tertiary/aromatic N) is 2. The minimum atomic E-state index is -3.07. The molecule has 0 radical (unpaired) electrons. The van der Waals surface area contributed by atoms with Crippen molar-refractivity contribution in [3.63, 3.8) is 0 Å². The third kappa shape index (κ3) is 3.09. The van der Waals surface area contributed by atoms with E-state index in [0.717, 1.165) is 0 Å². The standard InChI is InChI=1S/C16H23FN2O3S/c1-18(2)15-10-23(20,21)16-9-19(8-13(15)16)7-11-6-12(22-3)4-5-14(11)17/h4-6,13,15-16H,7-10H2,1-3H3/t13-,15+,16-/m0/s1. The van der Waals surface area contributed by atoms with Crippen LogP contribution in [0.5, 0.6) is 5.75 Å². The van der Waals surface area contributed by atoms with Gasteiger partial charge >= 0.3 is 0 Å². The molecule has 2 heterocycles. The fourth-order valence-corrected chi connectivity index (χ4v) is 6.32. The van der Waals surface area contributed by atoms with Gasteiger partial charge in [-0.2, -0.15) is 0 Å². The van der Waals surface area contributed by atoms with Crippen molar-refractivity contribution >= 4 is 9.84 Å². The molecule has 7 heteroatoms. The number of hydrogen-bond acceptors (Lipinski definition) is 5. The fourth-order valence-electron chi connectivity index (χ4n) is 3.82. The molecule has 2 aliphatic heterocycles. The number of likely N-dealkylation sites (tertiary alicyclic amines) is 1. The lowest BCUT2D eigenvalue weighted by molar-refractivity contribution is 0.228. The molecule has 0 aliphatic carbocycles. The molecule has 0 bridgehead atoms. The van der Waals surface area contributed by atoms with Crippen molar-refractivity contribution in [2.75, 3.05) is 40.0 Å². The Hall–Kier alpha value is -1.18. The van der Waals surface area contributed by atoms with Crippen LogP contribution in [-0.4, -0.2) is 69.6 Å². The summed E-state index contributed by atoms with van der Waals surface area (Å²) in [5.41, 5.74) is 0.545. The Bertz CT molecular complexity index is 693. The Morgan fingerprint density at radius 1 is 1.35 bits per heavy atom. The summed E-state index contributed by atoms with van der Waals surface area (Å²) in [4.78, 5) is 4.04. The molecule has 2 fully saturated rings. The molecule has 0 unspecified atom stereocenters. The minimum Gasteiger partial charge on any atom is -0.497 e. The molecule has 0 aromatic heterocycles. The molecule has 5 nitrogen and oxygen atoms in total. The second kappa shape index (κ2) is 6.03. The molecule has 1 aromatic carbocycles. The molecule has 3 rings (SSSR count). The fraction of sp³-hybridized carbons (Fsp3) is 0.625. The maximum absolute atomic E-state index is 14.0. The van der Waals surface area contributed by atoms with E-state index in [1.807, 2.05) is 23.9 Å². The van der Waals surface area contributed by atoms with Crippen LogP contribution in [0.4, 0.5) is 4.39 Å². The first kappa shape index (κ1) is 16.7. The van der Waals surface area contributed by atoms with Crippen LogP contribution >= 0.6 is 0 Å². The van der Waals surface area contributed by atoms with Crippen LogP contribution < -0.4 is 4.74 Å². The predicted octanol–water partition coefficient (Wildman–Crippen LogP) is 0.993. The third-order valence-electron chi connectivity index (χ3n) is 5.05. The van der Waals surface area contributed by atoms with Crippen LogP contribution in [0.25, 0.3) is 0 Å². The molecule has 1 aromatic rings. The average Bonchev–Trinajstić information content (AvgIpc) is 3.00. The van der Waals surface area contributed by atoms with E-state index in [9.17, 15) is 12.8 Å². The van der Waals surface area contributed by atoms with Gasteiger partial charge in [0.1, 0.15) is 11.6 Å². The number of ether oxygens (including phenoxy) is 1. The van der Waals surface area contributed by atoms with Crippen molar-refractivity contribution in [3.8, 4) is 5.75 Å². The molecule has 3 atom stereocenters. The lowest BCUT2D eigenvalue weighted by atomic mass is 10.00. The largest absolute Gasteiger partial charge is 0.497 e. The summed E-state index contributed by atoms with van der Waals surface area (Å²) < 4.78 is 43.9. The van der Waals surface area contributed by atoms with E-state index in [4.69, 9.17) is 4.74 Å². The van der Waals surface area contributed by atoms with Gasteiger partial charge < -0.3 is 9.64 Å². The molecule has 0 amide bonds. The zero-order valence-corrected chi connectivity index (χ0v) is 14.5. The van der Waals surface area contributed by atoms with Gasteiger partial charge in [-0.05, 0) is 32.3 Å². The predicted molar refractivity (Wildman–Crippen MR) is 86.8 cm³/mol. The van der Waals surface area contributed by atoms with Gasteiger partial charge in [0.05, 0.1) is 18.1 Å². The number of benzene rings is 1. The molecule has 0 N–H and O–H groups in total. The van der Waals surface area contributed by atoms with Crippen molar-refractivity contribution in [2.24, 2.45) is 5.92 Å². The number of halogens is 1. The normalized spacial score (nSPS) is 29.9. The molecule has 2 saturated heterocycles. The Morgan fingerprint density at radius 2 is 2.09 bits per heavy atom. The maximum Gasteiger partial charge on any atom is 0.156 e. The highest BCUT2D eigenvalue weighted by Crippen LogP contribution is 2.36. The smallest absolute Gasteiger partial charge is 0.156 e. The van der Waals surface area contributed by atoms with Gasteiger partial charge in [0.2, 0.25) is 0 Å². The summed E-state index contributed by atoms with van der Waals surface area (Å²) in [6, 6.07) is 4.71. The van der Waals surface area contributed by atoms with Crippen LogP contribution in [-0.2, 0) is 16.4 Å². The summed E-state index contributed by atoms with van der Waals surface area (Å²) >= 11 is 0. The quantitative estimate of drug-likeness (QED) is 0.817. The SMILES string of the molecule is COc1ccc(F)c(CN2C[C@H]3[C@H](N(C)C)CS(=O)(=O)[C@H]3C2)c1. The number of fused-ring (bicyclic) bond motifs is 1. The Labute approximate surface area is 136 Å². The zero-order valence-electron chi connectivity index (χ0n) is 13.7. The van der Waals surface area contributed by atoms with Crippen LogP contribution in [0, 0.1) is 11.7 Å². The molecule has 128 valence electrons. The van der Waals surface area contributed by atoms with Crippen LogP contribution in [0.2, 0.25) is 0 Å². The summed E-state index contributed by atoms with van der Waals surface area (Å²) in [5.74, 6) is 0.662. The number of hydrogen-bond donors (Lipinski definition) is 0. The Morgan fingerprint density at radius 3 is 2.74 bits per heavy atom. The number of sulfone groups is 1. The van der Waals surface area contributed by atoms with Crippen molar-refractivity contribution in [1.82, 2.24) is 9.80 Å². The van der Waals surface area contributed by atoms with E-state index >= 15 is 0 Å². The van der Waals surface area contributed by atoms with Gasteiger partial charge in [-0.15, -0.1) is 0 Å². The summed E-state index contributed by atoms with van der Waals surface area (Å²) in [6.45, 7) is 1.57. The minimum absolute atomic E-state index is 0.0464. The maximum atomic E-state index is 14.0. The van der Waals surface area contributed by atoms with Gasteiger partial charge in [0, 0.05) is 37.2 Å². The Balaban J connectivity index is 1.78. The summed E-state index contributed by atoms with van der Waals surface area (Å²) in [7, 11) is 2.33. The second-order valence-corrected chi connectivity index (χ2v) is 8.98. The highest BCUT2D eigenvalue weighted by Gasteiger charge is 2.52. The van der Waals surface area contributed by atoms with Crippen LogP contribution in [0.3, 0.4) is 0 Å². The molecule has 0 saturated carbocycles. The lowest BCUT2D eigenvalue weighted by Crippen LogP contribution is -2.37. The summed E-state index contributed by atoms with van der Waals surface area (Å²) in [5, 5.41) is -0.330. The molecular formula is C16H23FN2O3S.